The average molecular weight is 179 g/mol. The van der Waals surface area contributed by atoms with Crippen LogP contribution in [0.15, 0.2) is 24.3 Å². The number of epoxide rings is 1. The molecule has 0 radical (unpaired) electrons. The quantitative estimate of drug-likeness (QED) is 0.613. The van der Waals surface area contributed by atoms with Crippen LogP contribution < -0.4 is 4.90 Å². The van der Waals surface area contributed by atoms with Crippen molar-refractivity contribution in [1.29, 1.82) is 0 Å². The topological polar surface area (TPSA) is 15.8 Å². The van der Waals surface area contributed by atoms with Gasteiger partial charge in [-0.3, -0.25) is 0 Å². The fourth-order valence-corrected chi connectivity index (χ4v) is 0.843. The molecule has 2 rings (SSSR count). The summed E-state index contributed by atoms with van der Waals surface area (Å²) in [5.74, 6) is 0. The van der Waals surface area contributed by atoms with Crippen LogP contribution in [0.3, 0.4) is 0 Å². The monoisotopic (exact) mass is 179 g/mol. The largest absolute Gasteiger partial charge is 0.378 e. The van der Waals surface area contributed by atoms with Crippen LogP contribution in [0.25, 0.3) is 0 Å². The van der Waals surface area contributed by atoms with Gasteiger partial charge in [-0.05, 0) is 19.1 Å². The van der Waals surface area contributed by atoms with E-state index in [0.717, 1.165) is 13.2 Å². The maximum absolute atomic E-state index is 4.50. The van der Waals surface area contributed by atoms with E-state index < -0.39 is 0 Å². The van der Waals surface area contributed by atoms with E-state index in [4.69, 9.17) is 0 Å². The normalized spacial score (nSPS) is 12.8. The highest BCUT2D eigenvalue weighted by atomic mass is 16.6. The van der Waals surface area contributed by atoms with Crippen LogP contribution in [0.4, 0.5) is 5.69 Å². The molecule has 1 saturated heterocycles. The molecule has 1 aliphatic heterocycles. The highest BCUT2D eigenvalue weighted by Crippen LogP contribution is 2.10. The Morgan fingerprint density at radius 1 is 1.08 bits per heavy atom. The Hall–Kier alpha value is -1.02. The molecule has 0 atom stereocenters. The smallest absolute Gasteiger partial charge is 0.0701 e. The minimum atomic E-state index is 1.00. The minimum absolute atomic E-state index is 1.00. The molecule has 1 fully saturated rings. The molecule has 13 heavy (non-hydrogen) atoms. The average Bonchev–Trinajstić information content (AvgIpc) is 2.90. The Balaban J connectivity index is 0.000000236. The summed E-state index contributed by atoms with van der Waals surface area (Å²) in [4.78, 5) is 2.10. The lowest BCUT2D eigenvalue weighted by molar-refractivity contribution is 0.475. The molecule has 0 aliphatic carbocycles. The standard InChI is InChI=1S/C9H13N.C2H4O/c1-8-4-6-9(7-5-8)10(2)3;1-2-3-1/h4-7H,1-3H3;1-2H2. The van der Waals surface area contributed by atoms with Crippen molar-refractivity contribution in [2.24, 2.45) is 0 Å². The van der Waals surface area contributed by atoms with E-state index in [-0.39, 0.29) is 0 Å². The molecular formula is C11H17NO. The van der Waals surface area contributed by atoms with E-state index in [1.807, 2.05) is 14.1 Å². The van der Waals surface area contributed by atoms with E-state index in [1.54, 1.807) is 0 Å². The molecule has 1 aliphatic rings. The molecule has 1 aromatic rings. The molecular weight excluding hydrogens is 162 g/mol. The third-order valence-electron chi connectivity index (χ3n) is 1.75. The third kappa shape index (κ3) is 4.53. The van der Waals surface area contributed by atoms with Gasteiger partial charge >= 0.3 is 0 Å². The van der Waals surface area contributed by atoms with E-state index in [2.05, 4.69) is 40.8 Å². The molecule has 0 amide bonds. The van der Waals surface area contributed by atoms with Crippen molar-refractivity contribution in [3.05, 3.63) is 29.8 Å². The van der Waals surface area contributed by atoms with Gasteiger partial charge in [0.05, 0.1) is 13.2 Å². The van der Waals surface area contributed by atoms with Gasteiger partial charge in [-0.2, -0.15) is 0 Å². The number of rotatable bonds is 1. The molecule has 0 spiro atoms. The van der Waals surface area contributed by atoms with Crippen molar-refractivity contribution < 1.29 is 4.74 Å². The van der Waals surface area contributed by atoms with Crippen LogP contribution in [-0.4, -0.2) is 27.3 Å². The lowest BCUT2D eigenvalue weighted by Crippen LogP contribution is -2.07. The fraction of sp³-hybridized carbons (Fsp3) is 0.455. The van der Waals surface area contributed by atoms with Gasteiger partial charge in [-0.1, -0.05) is 17.7 Å². The molecule has 0 aromatic heterocycles. The van der Waals surface area contributed by atoms with Crippen molar-refractivity contribution in [3.63, 3.8) is 0 Å². The maximum Gasteiger partial charge on any atom is 0.0701 e. The van der Waals surface area contributed by atoms with Gasteiger partial charge in [0.15, 0.2) is 0 Å². The lowest BCUT2D eigenvalue weighted by Gasteiger charge is -2.11. The van der Waals surface area contributed by atoms with Crippen molar-refractivity contribution in [2.45, 2.75) is 6.92 Å². The summed E-state index contributed by atoms with van der Waals surface area (Å²) >= 11 is 0. The van der Waals surface area contributed by atoms with Gasteiger partial charge in [0.1, 0.15) is 0 Å². The van der Waals surface area contributed by atoms with Gasteiger partial charge < -0.3 is 9.64 Å². The Morgan fingerprint density at radius 2 is 1.54 bits per heavy atom. The second-order valence-corrected chi connectivity index (χ2v) is 3.34. The second-order valence-electron chi connectivity index (χ2n) is 3.34. The molecule has 0 bridgehead atoms. The van der Waals surface area contributed by atoms with Crippen LogP contribution >= 0.6 is 0 Å². The number of ether oxygens (including phenoxy) is 1. The van der Waals surface area contributed by atoms with E-state index in [1.165, 1.54) is 11.3 Å². The predicted molar refractivity (Wildman–Crippen MR) is 56.3 cm³/mol. The molecule has 0 unspecified atom stereocenters. The van der Waals surface area contributed by atoms with E-state index in [9.17, 15) is 0 Å². The lowest BCUT2D eigenvalue weighted by atomic mass is 10.2. The molecule has 1 aromatic carbocycles. The molecule has 0 saturated carbocycles. The Kier molecular flexibility index (Phi) is 3.77. The first kappa shape index (κ1) is 10.1. The molecule has 2 heteroatoms. The van der Waals surface area contributed by atoms with Crippen LogP contribution in [-0.2, 0) is 4.74 Å². The van der Waals surface area contributed by atoms with Crippen molar-refractivity contribution in [3.8, 4) is 0 Å². The van der Waals surface area contributed by atoms with Crippen LogP contribution in [0.2, 0.25) is 0 Å². The van der Waals surface area contributed by atoms with Gasteiger partial charge in [-0.15, -0.1) is 0 Å². The predicted octanol–water partition coefficient (Wildman–Crippen LogP) is 2.08. The van der Waals surface area contributed by atoms with Gasteiger partial charge in [0, 0.05) is 19.8 Å². The first-order valence-electron chi connectivity index (χ1n) is 4.52. The van der Waals surface area contributed by atoms with E-state index in [0.29, 0.717) is 0 Å². The summed E-state index contributed by atoms with van der Waals surface area (Å²) in [7, 11) is 4.09. The van der Waals surface area contributed by atoms with Crippen molar-refractivity contribution in [2.75, 3.05) is 32.2 Å². The van der Waals surface area contributed by atoms with Gasteiger partial charge in [0.25, 0.3) is 0 Å². The zero-order valence-corrected chi connectivity index (χ0v) is 8.58. The first-order chi connectivity index (χ1) is 6.20. The fourth-order valence-electron chi connectivity index (χ4n) is 0.843. The summed E-state index contributed by atoms with van der Waals surface area (Å²) in [6, 6.07) is 8.48. The number of nitrogens with zero attached hydrogens (tertiary/aromatic N) is 1. The molecule has 2 nitrogen and oxygen atoms in total. The summed E-state index contributed by atoms with van der Waals surface area (Å²) < 4.78 is 4.50. The summed E-state index contributed by atoms with van der Waals surface area (Å²) in [6.45, 7) is 4.10. The maximum atomic E-state index is 4.50. The SMILES string of the molecule is C1CO1.Cc1ccc(N(C)C)cc1. The highest BCUT2D eigenvalue weighted by molar-refractivity contribution is 5.45. The van der Waals surface area contributed by atoms with Gasteiger partial charge in [-0.25, -0.2) is 0 Å². The number of hydrogen-bond acceptors (Lipinski definition) is 2. The van der Waals surface area contributed by atoms with Crippen LogP contribution in [0.1, 0.15) is 5.56 Å². The van der Waals surface area contributed by atoms with Crippen molar-refractivity contribution in [1.82, 2.24) is 0 Å². The zero-order chi connectivity index (χ0) is 9.68. The van der Waals surface area contributed by atoms with E-state index >= 15 is 0 Å². The highest BCUT2D eigenvalue weighted by Gasteiger charge is 1.94. The Bertz CT molecular complexity index is 236. The third-order valence-corrected chi connectivity index (χ3v) is 1.75. The summed E-state index contributed by atoms with van der Waals surface area (Å²) in [6.07, 6.45) is 0. The summed E-state index contributed by atoms with van der Waals surface area (Å²) in [5, 5.41) is 0. The minimum Gasteiger partial charge on any atom is -0.378 e. The number of benzene rings is 1. The summed E-state index contributed by atoms with van der Waals surface area (Å²) in [5.41, 5.74) is 2.57. The molecule has 1 heterocycles. The number of hydrogen-bond donors (Lipinski definition) is 0. The zero-order valence-electron chi connectivity index (χ0n) is 8.58. The first-order valence-corrected chi connectivity index (χ1v) is 4.52. The Morgan fingerprint density at radius 3 is 1.85 bits per heavy atom. The van der Waals surface area contributed by atoms with Crippen LogP contribution in [0.5, 0.6) is 0 Å². The second kappa shape index (κ2) is 4.87. The van der Waals surface area contributed by atoms with Gasteiger partial charge in [0.2, 0.25) is 0 Å². The number of anilines is 1. The van der Waals surface area contributed by atoms with Crippen molar-refractivity contribution >= 4 is 5.69 Å². The number of aryl methyl sites for hydroxylation is 1. The van der Waals surface area contributed by atoms with Crippen LogP contribution in [0, 0.1) is 6.92 Å². The Labute approximate surface area is 80.1 Å². The molecule has 72 valence electrons. The molecule has 0 N–H and O–H groups in total.